The van der Waals surface area contributed by atoms with Gasteiger partial charge in [-0.25, -0.2) is 4.79 Å². The van der Waals surface area contributed by atoms with Crippen LogP contribution in [0.15, 0.2) is 42.7 Å². The maximum Gasteiger partial charge on any atom is 0.340 e. The van der Waals surface area contributed by atoms with E-state index in [1.54, 1.807) is 32.0 Å². The number of rotatable bonds is 7. The lowest BCUT2D eigenvalue weighted by atomic mass is 10.1. The Bertz CT molecular complexity index is 1020. The van der Waals surface area contributed by atoms with Crippen LogP contribution < -0.4 is 5.32 Å². The summed E-state index contributed by atoms with van der Waals surface area (Å²) >= 11 is 6.13. The molecule has 0 fully saturated rings. The number of anilines is 1. The van der Waals surface area contributed by atoms with Gasteiger partial charge in [0.25, 0.3) is 5.91 Å². The SMILES string of the molecule is COCCOC(=O)c1c(C)[nH]c(C(=O)Nc2ccc(Cl)cc2-n2cccc2)c1C. The van der Waals surface area contributed by atoms with E-state index in [0.29, 0.717) is 39.8 Å². The molecule has 2 heterocycles. The number of benzene rings is 1. The lowest BCUT2D eigenvalue weighted by molar-refractivity contribution is 0.0387. The monoisotopic (exact) mass is 415 g/mol. The molecule has 0 bridgehead atoms. The molecule has 1 amide bonds. The summed E-state index contributed by atoms with van der Waals surface area (Å²) in [5.41, 5.74) is 3.07. The molecule has 29 heavy (non-hydrogen) atoms. The average Bonchev–Trinajstić information content (AvgIpc) is 3.31. The molecule has 1 aromatic carbocycles. The number of H-pyrrole nitrogens is 1. The van der Waals surface area contributed by atoms with E-state index in [1.807, 2.05) is 29.1 Å². The molecule has 0 saturated carbocycles. The number of methoxy groups -OCH3 is 1. The molecule has 0 atom stereocenters. The first kappa shape index (κ1) is 20.7. The summed E-state index contributed by atoms with van der Waals surface area (Å²) in [5, 5.41) is 3.45. The Labute approximate surface area is 173 Å². The largest absolute Gasteiger partial charge is 0.460 e. The third-order valence-electron chi connectivity index (χ3n) is 4.48. The standard InChI is InChI=1S/C21H22ClN3O4/c1-13-18(21(27)29-11-10-28-3)14(2)23-19(13)20(26)24-16-7-6-15(22)12-17(16)25-8-4-5-9-25/h4-9,12,23H,10-11H2,1-3H3,(H,24,26). The van der Waals surface area contributed by atoms with E-state index in [-0.39, 0.29) is 12.5 Å². The minimum atomic E-state index is -0.494. The summed E-state index contributed by atoms with van der Waals surface area (Å²) in [6, 6.07) is 8.97. The molecule has 2 aromatic heterocycles. The number of carbonyl (C=O) groups excluding carboxylic acids is 2. The number of amides is 1. The molecule has 0 unspecified atom stereocenters. The summed E-state index contributed by atoms with van der Waals surface area (Å²) in [6.07, 6.45) is 3.72. The Hall–Kier alpha value is -3.03. The number of carbonyl (C=O) groups is 2. The van der Waals surface area contributed by atoms with Gasteiger partial charge in [0.15, 0.2) is 0 Å². The van der Waals surface area contributed by atoms with Gasteiger partial charge >= 0.3 is 5.97 Å². The van der Waals surface area contributed by atoms with E-state index in [1.165, 1.54) is 7.11 Å². The molecule has 2 N–H and O–H groups in total. The van der Waals surface area contributed by atoms with Gasteiger partial charge in [-0.3, -0.25) is 4.79 Å². The van der Waals surface area contributed by atoms with Gasteiger partial charge in [0, 0.05) is 30.2 Å². The zero-order valence-electron chi connectivity index (χ0n) is 16.4. The van der Waals surface area contributed by atoms with Crippen LogP contribution in [0.1, 0.15) is 32.1 Å². The normalized spacial score (nSPS) is 10.8. The number of aromatic amines is 1. The number of ether oxygens (including phenoxy) is 2. The first-order valence-electron chi connectivity index (χ1n) is 9.01. The molecule has 0 radical (unpaired) electrons. The van der Waals surface area contributed by atoms with Gasteiger partial charge in [-0.1, -0.05) is 11.6 Å². The molecular weight excluding hydrogens is 394 g/mol. The van der Waals surface area contributed by atoms with Crippen molar-refractivity contribution in [3.63, 3.8) is 0 Å². The van der Waals surface area contributed by atoms with Gasteiger partial charge in [0.05, 0.1) is 23.5 Å². The minimum Gasteiger partial charge on any atom is -0.460 e. The van der Waals surface area contributed by atoms with Gasteiger partial charge in [0.2, 0.25) is 0 Å². The highest BCUT2D eigenvalue weighted by atomic mass is 35.5. The van der Waals surface area contributed by atoms with Gasteiger partial charge < -0.3 is 24.3 Å². The van der Waals surface area contributed by atoms with Gasteiger partial charge in [-0.05, 0) is 49.7 Å². The van der Waals surface area contributed by atoms with Crippen molar-refractivity contribution < 1.29 is 19.1 Å². The van der Waals surface area contributed by atoms with Crippen LogP contribution in [0.4, 0.5) is 5.69 Å². The maximum absolute atomic E-state index is 12.9. The Morgan fingerprint density at radius 3 is 2.59 bits per heavy atom. The van der Waals surface area contributed by atoms with E-state index in [9.17, 15) is 9.59 Å². The molecule has 7 nitrogen and oxygen atoms in total. The van der Waals surface area contributed by atoms with Crippen LogP contribution in [-0.4, -0.2) is 41.8 Å². The van der Waals surface area contributed by atoms with E-state index in [4.69, 9.17) is 21.1 Å². The number of halogens is 1. The van der Waals surface area contributed by atoms with Crippen LogP contribution in [0, 0.1) is 13.8 Å². The summed E-state index contributed by atoms with van der Waals surface area (Å²) in [6.45, 7) is 3.89. The van der Waals surface area contributed by atoms with Crippen molar-refractivity contribution in [3.05, 3.63) is 70.3 Å². The zero-order chi connectivity index (χ0) is 21.0. The molecule has 3 aromatic rings. The Balaban J connectivity index is 1.86. The number of esters is 1. The van der Waals surface area contributed by atoms with Crippen LogP contribution >= 0.6 is 11.6 Å². The van der Waals surface area contributed by atoms with Gasteiger partial charge in [0.1, 0.15) is 12.3 Å². The number of hydrogen-bond acceptors (Lipinski definition) is 4. The molecule has 0 saturated heterocycles. The Morgan fingerprint density at radius 1 is 1.17 bits per heavy atom. The lowest BCUT2D eigenvalue weighted by Gasteiger charge is -2.12. The van der Waals surface area contributed by atoms with Crippen LogP contribution in [0.25, 0.3) is 5.69 Å². The van der Waals surface area contributed by atoms with Crippen molar-refractivity contribution in [2.75, 3.05) is 25.6 Å². The fraction of sp³-hybridized carbons (Fsp3) is 0.238. The number of hydrogen-bond donors (Lipinski definition) is 2. The van der Waals surface area contributed by atoms with E-state index in [2.05, 4.69) is 10.3 Å². The maximum atomic E-state index is 12.9. The summed E-state index contributed by atoms with van der Waals surface area (Å²) in [4.78, 5) is 28.3. The summed E-state index contributed by atoms with van der Waals surface area (Å²) < 4.78 is 11.9. The number of aromatic nitrogens is 2. The van der Waals surface area contributed by atoms with Crippen LogP contribution in [0.5, 0.6) is 0 Å². The number of nitrogens with zero attached hydrogens (tertiary/aromatic N) is 1. The van der Waals surface area contributed by atoms with Gasteiger partial charge in [-0.2, -0.15) is 0 Å². The Morgan fingerprint density at radius 2 is 1.90 bits per heavy atom. The average molecular weight is 416 g/mol. The van der Waals surface area contributed by atoms with Crippen LogP contribution in [-0.2, 0) is 9.47 Å². The highest BCUT2D eigenvalue weighted by molar-refractivity contribution is 6.31. The summed E-state index contributed by atoms with van der Waals surface area (Å²) in [7, 11) is 1.53. The second-order valence-corrected chi connectivity index (χ2v) is 6.90. The second kappa shape index (κ2) is 8.98. The molecular formula is C21H22ClN3O4. The van der Waals surface area contributed by atoms with Crippen molar-refractivity contribution in [1.29, 1.82) is 0 Å². The fourth-order valence-electron chi connectivity index (χ4n) is 3.08. The smallest absolute Gasteiger partial charge is 0.340 e. The van der Waals surface area contributed by atoms with Crippen molar-refractivity contribution in [2.24, 2.45) is 0 Å². The van der Waals surface area contributed by atoms with Gasteiger partial charge in [-0.15, -0.1) is 0 Å². The first-order chi connectivity index (χ1) is 13.9. The first-order valence-corrected chi connectivity index (χ1v) is 9.39. The highest BCUT2D eigenvalue weighted by Crippen LogP contribution is 2.26. The molecule has 0 aliphatic carbocycles. The van der Waals surface area contributed by atoms with Crippen LogP contribution in [0.3, 0.4) is 0 Å². The molecule has 0 aliphatic heterocycles. The lowest BCUT2D eigenvalue weighted by Crippen LogP contribution is -2.16. The third-order valence-corrected chi connectivity index (χ3v) is 4.71. The molecule has 0 aliphatic rings. The predicted octanol–water partition coefficient (Wildman–Crippen LogP) is 4.13. The van der Waals surface area contributed by atoms with Crippen molar-refractivity contribution in [2.45, 2.75) is 13.8 Å². The zero-order valence-corrected chi connectivity index (χ0v) is 17.2. The predicted molar refractivity (Wildman–Crippen MR) is 111 cm³/mol. The minimum absolute atomic E-state index is 0.145. The summed E-state index contributed by atoms with van der Waals surface area (Å²) in [5.74, 6) is -0.857. The molecule has 3 rings (SSSR count). The number of nitrogens with one attached hydrogen (secondary N) is 2. The quantitative estimate of drug-likeness (QED) is 0.448. The highest BCUT2D eigenvalue weighted by Gasteiger charge is 2.23. The molecule has 8 heteroatoms. The van der Waals surface area contributed by atoms with Crippen molar-refractivity contribution >= 4 is 29.2 Å². The van der Waals surface area contributed by atoms with E-state index < -0.39 is 5.97 Å². The van der Waals surface area contributed by atoms with Crippen LogP contribution in [0.2, 0.25) is 5.02 Å². The fourth-order valence-corrected chi connectivity index (χ4v) is 3.24. The molecule has 0 spiro atoms. The Kier molecular flexibility index (Phi) is 6.41. The molecule has 152 valence electrons. The topological polar surface area (TPSA) is 85.3 Å². The van der Waals surface area contributed by atoms with Crippen molar-refractivity contribution in [3.8, 4) is 5.69 Å². The van der Waals surface area contributed by atoms with E-state index >= 15 is 0 Å². The van der Waals surface area contributed by atoms with Crippen molar-refractivity contribution in [1.82, 2.24) is 9.55 Å². The second-order valence-electron chi connectivity index (χ2n) is 6.46. The number of aryl methyl sites for hydroxylation is 1. The third kappa shape index (κ3) is 4.52. The van der Waals surface area contributed by atoms with E-state index in [0.717, 1.165) is 5.69 Å².